The minimum atomic E-state index is -0.537. The summed E-state index contributed by atoms with van der Waals surface area (Å²) in [6.45, 7) is 5.45. The van der Waals surface area contributed by atoms with E-state index in [-0.39, 0.29) is 18.1 Å². The number of pyridine rings is 2. The summed E-state index contributed by atoms with van der Waals surface area (Å²) in [5.74, 6) is -0.844. The van der Waals surface area contributed by atoms with Crippen LogP contribution in [0.15, 0.2) is 36.5 Å². The van der Waals surface area contributed by atoms with Gasteiger partial charge in [0.2, 0.25) is 0 Å². The van der Waals surface area contributed by atoms with Crippen LogP contribution >= 0.6 is 0 Å². The Labute approximate surface area is 140 Å². The van der Waals surface area contributed by atoms with Gasteiger partial charge in [0.05, 0.1) is 24.9 Å². The number of nitrogens with zero attached hydrogens (tertiary/aromatic N) is 2. The van der Waals surface area contributed by atoms with Crippen LogP contribution < -0.4 is 0 Å². The minimum absolute atomic E-state index is 0.0712. The van der Waals surface area contributed by atoms with Crippen LogP contribution in [0.3, 0.4) is 0 Å². The van der Waals surface area contributed by atoms with Gasteiger partial charge in [-0.25, -0.2) is 9.78 Å². The molecule has 0 aliphatic heterocycles. The zero-order valence-electron chi connectivity index (χ0n) is 14.2. The largest absolute Gasteiger partial charge is 0.464 e. The Morgan fingerprint density at radius 1 is 1.17 bits per heavy atom. The zero-order chi connectivity index (χ0) is 17.7. The van der Waals surface area contributed by atoms with Crippen molar-refractivity contribution in [3.63, 3.8) is 0 Å². The van der Waals surface area contributed by atoms with Gasteiger partial charge < -0.3 is 9.47 Å². The molecule has 0 aliphatic carbocycles. The van der Waals surface area contributed by atoms with Crippen LogP contribution in [0, 0.1) is 0 Å². The highest BCUT2D eigenvalue weighted by Crippen LogP contribution is 2.19. The number of carbonyl (C=O) groups excluding carboxylic acids is 2. The van der Waals surface area contributed by atoms with Crippen LogP contribution in [0.5, 0.6) is 0 Å². The summed E-state index contributed by atoms with van der Waals surface area (Å²) in [5.41, 5.74) is 1.62. The maximum atomic E-state index is 11.9. The highest BCUT2D eigenvalue weighted by atomic mass is 16.6. The van der Waals surface area contributed by atoms with Crippen molar-refractivity contribution in [1.29, 1.82) is 0 Å². The summed E-state index contributed by atoms with van der Waals surface area (Å²) in [6, 6.07) is 8.61. The van der Waals surface area contributed by atoms with Crippen LogP contribution in [0.4, 0.5) is 0 Å². The lowest BCUT2D eigenvalue weighted by Gasteiger charge is -2.19. The predicted molar refractivity (Wildman–Crippen MR) is 88.4 cm³/mol. The lowest BCUT2D eigenvalue weighted by atomic mass is 10.1. The van der Waals surface area contributed by atoms with Crippen molar-refractivity contribution in [3.05, 3.63) is 47.9 Å². The minimum Gasteiger partial charge on any atom is -0.464 e. The maximum Gasteiger partial charge on any atom is 0.356 e. The Morgan fingerprint density at radius 3 is 2.58 bits per heavy atom. The molecule has 0 aromatic carbocycles. The standard InChI is InChI=1S/C18H20N2O4/c1-18(2,3)24-16(21)11-13-10-12(8-9-19-13)14-6-5-7-15(20-14)17(22)23-4/h5-10H,11H2,1-4H3. The van der Waals surface area contributed by atoms with E-state index in [0.717, 1.165) is 5.56 Å². The Kier molecular flexibility index (Phi) is 5.28. The normalized spacial score (nSPS) is 11.0. The summed E-state index contributed by atoms with van der Waals surface area (Å²) in [6.07, 6.45) is 1.67. The van der Waals surface area contributed by atoms with Crippen LogP contribution in [0.2, 0.25) is 0 Å². The van der Waals surface area contributed by atoms with Crippen LogP contribution in [-0.4, -0.2) is 34.6 Å². The fourth-order valence-electron chi connectivity index (χ4n) is 2.07. The van der Waals surface area contributed by atoms with E-state index in [2.05, 4.69) is 14.7 Å². The van der Waals surface area contributed by atoms with Crippen molar-refractivity contribution in [1.82, 2.24) is 9.97 Å². The molecular weight excluding hydrogens is 308 g/mol. The van der Waals surface area contributed by atoms with E-state index >= 15 is 0 Å². The molecule has 2 aromatic heterocycles. The number of carbonyl (C=O) groups is 2. The van der Waals surface area contributed by atoms with Crippen molar-refractivity contribution in [2.75, 3.05) is 7.11 Å². The maximum absolute atomic E-state index is 11.9. The zero-order valence-corrected chi connectivity index (χ0v) is 14.2. The third kappa shape index (κ3) is 4.87. The van der Waals surface area contributed by atoms with Gasteiger partial charge in [-0.15, -0.1) is 0 Å². The number of hydrogen-bond acceptors (Lipinski definition) is 6. The van der Waals surface area contributed by atoms with E-state index in [1.54, 1.807) is 36.5 Å². The van der Waals surface area contributed by atoms with Gasteiger partial charge in [0.1, 0.15) is 11.3 Å². The van der Waals surface area contributed by atoms with Gasteiger partial charge in [0.15, 0.2) is 0 Å². The number of hydrogen-bond donors (Lipinski definition) is 0. The van der Waals surface area contributed by atoms with E-state index < -0.39 is 11.6 Å². The second-order valence-electron chi connectivity index (χ2n) is 6.20. The monoisotopic (exact) mass is 328 g/mol. The summed E-state index contributed by atoms with van der Waals surface area (Å²) < 4.78 is 9.97. The SMILES string of the molecule is COC(=O)c1cccc(-c2ccnc(CC(=O)OC(C)(C)C)c2)n1. The molecule has 2 heterocycles. The van der Waals surface area contributed by atoms with E-state index in [0.29, 0.717) is 11.4 Å². The molecule has 2 aromatic rings. The first-order valence-corrected chi connectivity index (χ1v) is 7.51. The topological polar surface area (TPSA) is 78.4 Å². The van der Waals surface area contributed by atoms with Gasteiger partial charge in [0, 0.05) is 11.8 Å². The lowest BCUT2D eigenvalue weighted by molar-refractivity contribution is -0.154. The quantitative estimate of drug-likeness (QED) is 0.803. The van der Waals surface area contributed by atoms with E-state index in [9.17, 15) is 9.59 Å². The predicted octanol–water partition coefficient (Wildman–Crippen LogP) is 2.81. The van der Waals surface area contributed by atoms with Crippen molar-refractivity contribution >= 4 is 11.9 Å². The van der Waals surface area contributed by atoms with E-state index in [1.807, 2.05) is 20.8 Å². The van der Waals surface area contributed by atoms with Crippen LogP contribution in [0.1, 0.15) is 37.0 Å². The molecule has 6 nitrogen and oxygen atoms in total. The summed E-state index contributed by atoms with van der Waals surface area (Å²) in [5, 5.41) is 0. The number of esters is 2. The van der Waals surface area contributed by atoms with Crippen molar-refractivity contribution in [2.24, 2.45) is 0 Å². The summed E-state index contributed by atoms with van der Waals surface area (Å²) in [4.78, 5) is 32.0. The Morgan fingerprint density at radius 2 is 1.92 bits per heavy atom. The van der Waals surface area contributed by atoms with Crippen molar-refractivity contribution in [3.8, 4) is 11.3 Å². The average Bonchev–Trinajstić information content (AvgIpc) is 2.52. The molecule has 0 bridgehead atoms. The molecule has 0 fully saturated rings. The summed E-state index contributed by atoms with van der Waals surface area (Å²) in [7, 11) is 1.31. The molecule has 0 spiro atoms. The molecule has 0 atom stereocenters. The van der Waals surface area contributed by atoms with Gasteiger partial charge >= 0.3 is 11.9 Å². The average molecular weight is 328 g/mol. The fraction of sp³-hybridized carbons (Fsp3) is 0.333. The third-order valence-corrected chi connectivity index (χ3v) is 3.00. The third-order valence-electron chi connectivity index (χ3n) is 3.00. The molecule has 0 amide bonds. The second kappa shape index (κ2) is 7.21. The molecule has 24 heavy (non-hydrogen) atoms. The highest BCUT2D eigenvalue weighted by molar-refractivity contribution is 5.87. The Bertz CT molecular complexity index is 751. The molecule has 0 aliphatic rings. The molecule has 126 valence electrons. The molecule has 0 saturated carbocycles. The van der Waals surface area contributed by atoms with Gasteiger partial charge in [0.25, 0.3) is 0 Å². The van der Waals surface area contributed by atoms with Gasteiger partial charge in [-0.05, 0) is 45.0 Å². The molecule has 0 radical (unpaired) electrons. The molecule has 0 unspecified atom stereocenters. The molecular formula is C18H20N2O4. The van der Waals surface area contributed by atoms with Gasteiger partial charge in [-0.2, -0.15) is 0 Å². The van der Waals surface area contributed by atoms with E-state index in [1.165, 1.54) is 7.11 Å². The number of rotatable bonds is 4. The fourth-order valence-corrected chi connectivity index (χ4v) is 2.07. The highest BCUT2D eigenvalue weighted by Gasteiger charge is 2.17. The van der Waals surface area contributed by atoms with E-state index in [4.69, 9.17) is 4.74 Å². The van der Waals surface area contributed by atoms with Crippen LogP contribution in [-0.2, 0) is 20.7 Å². The smallest absolute Gasteiger partial charge is 0.356 e. The lowest BCUT2D eigenvalue weighted by Crippen LogP contribution is -2.25. The number of aromatic nitrogens is 2. The second-order valence-corrected chi connectivity index (χ2v) is 6.20. The molecule has 0 N–H and O–H groups in total. The Balaban J connectivity index is 2.22. The van der Waals surface area contributed by atoms with Gasteiger partial charge in [-0.3, -0.25) is 9.78 Å². The molecule has 0 saturated heterocycles. The first-order valence-electron chi connectivity index (χ1n) is 7.51. The van der Waals surface area contributed by atoms with Crippen LogP contribution in [0.25, 0.3) is 11.3 Å². The van der Waals surface area contributed by atoms with Gasteiger partial charge in [-0.1, -0.05) is 6.07 Å². The molecule has 6 heteroatoms. The number of methoxy groups -OCH3 is 1. The van der Waals surface area contributed by atoms with Crippen molar-refractivity contribution < 1.29 is 19.1 Å². The first-order chi connectivity index (χ1) is 11.3. The Hall–Kier alpha value is -2.76. The summed E-state index contributed by atoms with van der Waals surface area (Å²) >= 11 is 0. The number of ether oxygens (including phenoxy) is 2. The molecule has 2 rings (SSSR count). The first kappa shape index (κ1) is 17.6. The van der Waals surface area contributed by atoms with Crippen molar-refractivity contribution in [2.45, 2.75) is 32.8 Å².